The number of aliphatic hydroxyl groups excluding tert-OH is 1. The molecule has 0 atom stereocenters. The summed E-state index contributed by atoms with van der Waals surface area (Å²) < 4.78 is 1.57. The van der Waals surface area contributed by atoms with E-state index >= 15 is 0 Å². The van der Waals surface area contributed by atoms with Gasteiger partial charge in [0.25, 0.3) is 0 Å². The van der Waals surface area contributed by atoms with Crippen molar-refractivity contribution >= 4 is 5.82 Å². The maximum Gasteiger partial charge on any atom is 0.122 e. The van der Waals surface area contributed by atoms with Gasteiger partial charge >= 0.3 is 0 Å². The highest BCUT2D eigenvalue weighted by Crippen LogP contribution is 2.21. The van der Waals surface area contributed by atoms with E-state index in [9.17, 15) is 0 Å². The SMILES string of the molecule is Cc1[nH]ncc1-c1cc(N)n(CCO)n1. The molecule has 0 bridgehead atoms. The van der Waals surface area contributed by atoms with E-state index < -0.39 is 0 Å². The molecule has 6 heteroatoms. The van der Waals surface area contributed by atoms with Crippen molar-refractivity contribution in [3.63, 3.8) is 0 Å². The second-order valence-electron chi connectivity index (χ2n) is 3.31. The number of aryl methyl sites for hydroxylation is 1. The van der Waals surface area contributed by atoms with E-state index in [0.717, 1.165) is 17.0 Å². The van der Waals surface area contributed by atoms with E-state index in [2.05, 4.69) is 15.3 Å². The molecule has 2 rings (SSSR count). The number of aromatic amines is 1. The van der Waals surface area contributed by atoms with Crippen LogP contribution in [0.25, 0.3) is 11.3 Å². The summed E-state index contributed by atoms with van der Waals surface area (Å²) in [5.41, 5.74) is 8.39. The lowest BCUT2D eigenvalue weighted by atomic mass is 10.2. The van der Waals surface area contributed by atoms with Gasteiger partial charge in [0, 0.05) is 17.3 Å². The molecule has 6 nitrogen and oxygen atoms in total. The van der Waals surface area contributed by atoms with Crippen molar-refractivity contribution in [2.75, 3.05) is 12.3 Å². The third-order valence-corrected chi connectivity index (χ3v) is 2.23. The van der Waals surface area contributed by atoms with Crippen LogP contribution in [0.5, 0.6) is 0 Å². The molecule has 0 amide bonds. The number of nitrogens with zero attached hydrogens (tertiary/aromatic N) is 3. The summed E-state index contributed by atoms with van der Waals surface area (Å²) in [6, 6.07) is 1.77. The first-order valence-electron chi connectivity index (χ1n) is 4.67. The van der Waals surface area contributed by atoms with E-state index in [1.165, 1.54) is 0 Å². The van der Waals surface area contributed by atoms with Crippen molar-refractivity contribution in [3.05, 3.63) is 18.0 Å². The quantitative estimate of drug-likeness (QED) is 0.668. The fourth-order valence-corrected chi connectivity index (χ4v) is 1.45. The highest BCUT2D eigenvalue weighted by Gasteiger charge is 2.10. The minimum Gasteiger partial charge on any atom is -0.394 e. The highest BCUT2D eigenvalue weighted by atomic mass is 16.3. The van der Waals surface area contributed by atoms with Gasteiger partial charge in [0.2, 0.25) is 0 Å². The average molecular weight is 207 g/mol. The van der Waals surface area contributed by atoms with Gasteiger partial charge < -0.3 is 10.8 Å². The zero-order chi connectivity index (χ0) is 10.8. The molecule has 15 heavy (non-hydrogen) atoms. The fraction of sp³-hybridized carbons (Fsp3) is 0.333. The maximum absolute atomic E-state index is 8.80. The Balaban J connectivity index is 2.38. The molecule has 0 aliphatic carbocycles. The van der Waals surface area contributed by atoms with Crippen molar-refractivity contribution in [2.45, 2.75) is 13.5 Å². The van der Waals surface area contributed by atoms with Gasteiger partial charge in [-0.25, -0.2) is 4.68 Å². The van der Waals surface area contributed by atoms with Crippen LogP contribution >= 0.6 is 0 Å². The summed E-state index contributed by atoms with van der Waals surface area (Å²) in [5, 5.41) is 19.8. The Labute approximate surface area is 86.7 Å². The van der Waals surface area contributed by atoms with Crippen molar-refractivity contribution in [3.8, 4) is 11.3 Å². The number of hydrogen-bond donors (Lipinski definition) is 3. The summed E-state index contributed by atoms with van der Waals surface area (Å²) in [6.45, 7) is 2.35. The van der Waals surface area contributed by atoms with Crippen molar-refractivity contribution in [1.29, 1.82) is 0 Å². The van der Waals surface area contributed by atoms with Gasteiger partial charge in [-0.1, -0.05) is 0 Å². The Morgan fingerprint density at radius 2 is 2.40 bits per heavy atom. The Morgan fingerprint density at radius 1 is 1.60 bits per heavy atom. The maximum atomic E-state index is 8.80. The van der Waals surface area contributed by atoms with E-state index in [0.29, 0.717) is 12.4 Å². The molecule has 2 aromatic heterocycles. The van der Waals surface area contributed by atoms with Crippen LogP contribution < -0.4 is 5.73 Å². The van der Waals surface area contributed by atoms with Crippen molar-refractivity contribution in [2.24, 2.45) is 0 Å². The lowest BCUT2D eigenvalue weighted by Gasteiger charge is -1.98. The monoisotopic (exact) mass is 207 g/mol. The second-order valence-corrected chi connectivity index (χ2v) is 3.31. The molecule has 0 fully saturated rings. The van der Waals surface area contributed by atoms with Crippen molar-refractivity contribution < 1.29 is 5.11 Å². The van der Waals surface area contributed by atoms with Crippen LogP contribution in [-0.2, 0) is 6.54 Å². The predicted octanol–water partition coefficient (Wildman–Crippen LogP) is 0.156. The van der Waals surface area contributed by atoms with Crippen molar-refractivity contribution in [1.82, 2.24) is 20.0 Å². The lowest BCUT2D eigenvalue weighted by Crippen LogP contribution is -2.07. The van der Waals surface area contributed by atoms with Gasteiger partial charge in [-0.05, 0) is 6.92 Å². The molecule has 2 heterocycles. The van der Waals surface area contributed by atoms with E-state index in [1.54, 1.807) is 16.9 Å². The highest BCUT2D eigenvalue weighted by molar-refractivity contribution is 5.63. The standard InChI is InChI=1S/C9H13N5O/c1-6-7(5-11-12-6)8-4-9(10)14(13-8)2-3-15/h4-5,15H,2-3,10H2,1H3,(H,11,12). The van der Waals surface area contributed by atoms with Gasteiger partial charge in [-0.15, -0.1) is 0 Å². The topological polar surface area (TPSA) is 92.8 Å². The van der Waals surface area contributed by atoms with Gasteiger partial charge in [0.05, 0.1) is 25.0 Å². The summed E-state index contributed by atoms with van der Waals surface area (Å²) >= 11 is 0. The zero-order valence-corrected chi connectivity index (χ0v) is 8.44. The van der Waals surface area contributed by atoms with Crippen LogP contribution in [-0.4, -0.2) is 31.7 Å². The second kappa shape index (κ2) is 3.74. The van der Waals surface area contributed by atoms with Crippen LogP contribution in [0.1, 0.15) is 5.69 Å². The molecule has 0 aromatic carbocycles. The first kappa shape index (κ1) is 9.72. The summed E-state index contributed by atoms with van der Waals surface area (Å²) in [5.74, 6) is 0.541. The molecule has 0 aliphatic rings. The largest absolute Gasteiger partial charge is 0.394 e. The predicted molar refractivity (Wildman–Crippen MR) is 56.0 cm³/mol. The number of nitrogen functional groups attached to an aromatic ring is 1. The van der Waals surface area contributed by atoms with E-state index in [4.69, 9.17) is 10.8 Å². The Morgan fingerprint density at radius 3 is 3.00 bits per heavy atom. The molecule has 0 aliphatic heterocycles. The number of H-pyrrole nitrogens is 1. The van der Waals surface area contributed by atoms with Crippen LogP contribution in [0.15, 0.2) is 12.3 Å². The number of anilines is 1. The number of nitrogens with two attached hydrogens (primary N) is 1. The summed E-state index contributed by atoms with van der Waals surface area (Å²) in [6.07, 6.45) is 1.71. The Bertz CT molecular complexity index is 459. The molecule has 80 valence electrons. The molecule has 0 radical (unpaired) electrons. The van der Waals surface area contributed by atoms with Gasteiger partial charge in [-0.3, -0.25) is 5.10 Å². The number of rotatable bonds is 3. The zero-order valence-electron chi connectivity index (χ0n) is 8.44. The molecule has 0 unspecified atom stereocenters. The normalized spacial score (nSPS) is 10.8. The summed E-state index contributed by atoms with van der Waals surface area (Å²) in [4.78, 5) is 0. The summed E-state index contributed by atoms with van der Waals surface area (Å²) in [7, 11) is 0. The van der Waals surface area contributed by atoms with E-state index in [-0.39, 0.29) is 6.61 Å². The van der Waals surface area contributed by atoms with Gasteiger partial charge in [0.1, 0.15) is 5.82 Å². The fourth-order valence-electron chi connectivity index (χ4n) is 1.45. The third kappa shape index (κ3) is 1.71. The van der Waals surface area contributed by atoms with Crippen LogP contribution in [0, 0.1) is 6.92 Å². The third-order valence-electron chi connectivity index (χ3n) is 2.23. The first-order valence-corrected chi connectivity index (χ1v) is 4.67. The number of nitrogens with one attached hydrogen (secondary N) is 1. The number of aromatic nitrogens is 4. The molecule has 0 spiro atoms. The number of hydrogen-bond acceptors (Lipinski definition) is 4. The Hall–Kier alpha value is -1.82. The molecular formula is C9H13N5O. The smallest absolute Gasteiger partial charge is 0.122 e. The molecule has 2 aromatic rings. The number of aliphatic hydroxyl groups is 1. The minimum atomic E-state index is 0.0235. The molecule has 0 saturated carbocycles. The van der Waals surface area contributed by atoms with Gasteiger partial charge in [-0.2, -0.15) is 10.2 Å². The molecular weight excluding hydrogens is 194 g/mol. The Kier molecular flexibility index (Phi) is 2.42. The van der Waals surface area contributed by atoms with Gasteiger partial charge in [0.15, 0.2) is 0 Å². The molecule has 4 N–H and O–H groups in total. The minimum absolute atomic E-state index is 0.0235. The first-order chi connectivity index (χ1) is 7.22. The van der Waals surface area contributed by atoms with Crippen LogP contribution in [0.3, 0.4) is 0 Å². The van der Waals surface area contributed by atoms with E-state index in [1.807, 2.05) is 6.92 Å². The molecule has 0 saturated heterocycles. The average Bonchev–Trinajstić information content (AvgIpc) is 2.75. The van der Waals surface area contributed by atoms with Crippen LogP contribution in [0.4, 0.5) is 5.82 Å². The van der Waals surface area contributed by atoms with Crippen LogP contribution in [0.2, 0.25) is 0 Å². The lowest BCUT2D eigenvalue weighted by molar-refractivity contribution is 0.270.